The molecule has 1 aliphatic heterocycles. The molecule has 3 aromatic heterocycles. The fourth-order valence-electron chi connectivity index (χ4n) is 4.25. The maximum absolute atomic E-state index is 12.8. The van der Waals surface area contributed by atoms with Crippen LogP contribution in [0.1, 0.15) is 17.0 Å². The minimum absolute atomic E-state index is 0.266. The number of halogens is 3. The lowest BCUT2D eigenvalue weighted by molar-refractivity contribution is -0.141. The Bertz CT molecular complexity index is 1350. The van der Waals surface area contributed by atoms with Crippen LogP contribution in [0, 0.1) is 0 Å². The van der Waals surface area contributed by atoms with E-state index < -0.39 is 11.9 Å². The van der Waals surface area contributed by atoms with Crippen LogP contribution in [0.25, 0.3) is 27.7 Å². The predicted molar refractivity (Wildman–Crippen MR) is 112 cm³/mol. The van der Waals surface area contributed by atoms with Gasteiger partial charge < -0.3 is 9.88 Å². The van der Waals surface area contributed by atoms with Gasteiger partial charge in [-0.2, -0.15) is 13.2 Å². The molecule has 0 saturated heterocycles. The second kappa shape index (κ2) is 7.09. The highest BCUT2D eigenvalue weighted by atomic mass is 19.4. The molecule has 158 valence electrons. The van der Waals surface area contributed by atoms with Gasteiger partial charge in [0.2, 0.25) is 0 Å². The first-order valence-electron chi connectivity index (χ1n) is 9.90. The number of nitrogens with zero attached hydrogens (tertiary/aromatic N) is 3. The van der Waals surface area contributed by atoms with E-state index in [1.807, 2.05) is 25.2 Å². The Morgan fingerprint density at radius 2 is 1.90 bits per heavy atom. The molecule has 4 aromatic rings. The van der Waals surface area contributed by atoms with Crippen molar-refractivity contribution in [1.82, 2.24) is 19.4 Å². The normalized spacial score (nSPS) is 14.1. The van der Waals surface area contributed by atoms with Crippen molar-refractivity contribution in [2.75, 3.05) is 6.54 Å². The van der Waals surface area contributed by atoms with Crippen molar-refractivity contribution in [1.29, 1.82) is 0 Å². The highest BCUT2D eigenvalue weighted by Crippen LogP contribution is 2.30. The molecule has 0 fully saturated rings. The van der Waals surface area contributed by atoms with Gasteiger partial charge in [-0.1, -0.05) is 12.1 Å². The van der Waals surface area contributed by atoms with Crippen molar-refractivity contribution in [3.8, 4) is 16.8 Å². The fraction of sp³-hybridized carbons (Fsp3) is 0.217. The van der Waals surface area contributed by atoms with Gasteiger partial charge in [0, 0.05) is 61.7 Å². The zero-order chi connectivity index (χ0) is 21.8. The van der Waals surface area contributed by atoms with E-state index >= 15 is 0 Å². The number of alkyl halides is 3. The third kappa shape index (κ3) is 3.33. The molecule has 8 heteroatoms. The summed E-state index contributed by atoms with van der Waals surface area (Å²) in [6.07, 6.45) is -0.754. The van der Waals surface area contributed by atoms with Crippen molar-refractivity contribution < 1.29 is 13.2 Å². The van der Waals surface area contributed by atoms with Gasteiger partial charge in [-0.05, 0) is 35.4 Å². The molecular weight excluding hydrogens is 405 g/mol. The van der Waals surface area contributed by atoms with Crippen LogP contribution in [0.3, 0.4) is 0 Å². The van der Waals surface area contributed by atoms with E-state index in [9.17, 15) is 18.0 Å². The standard InChI is InChI=1S/C23H19F3N4O/c1-29-19-6-8-27-13-18(19)17-4-3-16(11-20(17)29)30-9-7-14(10-22(30)31)15-2-5-21(28-12-15)23(24,25)26/h2-5,7,9-12,27H,6,8,13H2,1H3. The summed E-state index contributed by atoms with van der Waals surface area (Å²) < 4.78 is 41.9. The molecule has 0 spiro atoms. The van der Waals surface area contributed by atoms with Crippen LogP contribution in [0.2, 0.25) is 0 Å². The summed E-state index contributed by atoms with van der Waals surface area (Å²) in [5, 5.41) is 4.57. The molecule has 0 saturated carbocycles. The molecular formula is C23H19F3N4O. The van der Waals surface area contributed by atoms with E-state index in [4.69, 9.17) is 0 Å². The Balaban J connectivity index is 1.52. The topological polar surface area (TPSA) is 51.9 Å². The number of hydrogen-bond acceptors (Lipinski definition) is 3. The van der Waals surface area contributed by atoms with Crippen LogP contribution >= 0.6 is 0 Å². The van der Waals surface area contributed by atoms with Crippen LogP contribution in [-0.2, 0) is 26.2 Å². The van der Waals surface area contributed by atoms with Crippen molar-refractivity contribution in [3.63, 3.8) is 0 Å². The molecule has 0 unspecified atom stereocenters. The highest BCUT2D eigenvalue weighted by Gasteiger charge is 2.32. The molecule has 0 radical (unpaired) electrons. The zero-order valence-electron chi connectivity index (χ0n) is 16.7. The van der Waals surface area contributed by atoms with E-state index in [-0.39, 0.29) is 5.56 Å². The number of rotatable bonds is 2. The van der Waals surface area contributed by atoms with E-state index in [0.29, 0.717) is 11.1 Å². The Morgan fingerprint density at radius 1 is 1.06 bits per heavy atom. The van der Waals surface area contributed by atoms with Crippen molar-refractivity contribution in [3.05, 3.63) is 82.2 Å². The molecule has 31 heavy (non-hydrogen) atoms. The monoisotopic (exact) mass is 424 g/mol. The summed E-state index contributed by atoms with van der Waals surface area (Å²) in [7, 11) is 2.04. The summed E-state index contributed by atoms with van der Waals surface area (Å²) in [5.41, 5.74) is 4.15. The average molecular weight is 424 g/mol. The van der Waals surface area contributed by atoms with Crippen LogP contribution < -0.4 is 10.9 Å². The first-order valence-corrected chi connectivity index (χ1v) is 9.90. The summed E-state index contributed by atoms with van der Waals surface area (Å²) >= 11 is 0. The van der Waals surface area contributed by atoms with E-state index in [1.54, 1.807) is 12.3 Å². The summed E-state index contributed by atoms with van der Waals surface area (Å²) in [6.45, 7) is 1.78. The van der Waals surface area contributed by atoms with Crippen LogP contribution in [0.4, 0.5) is 13.2 Å². The minimum atomic E-state index is -4.49. The van der Waals surface area contributed by atoms with Crippen molar-refractivity contribution >= 4 is 10.9 Å². The van der Waals surface area contributed by atoms with E-state index in [2.05, 4.69) is 14.9 Å². The van der Waals surface area contributed by atoms with E-state index in [0.717, 1.165) is 43.0 Å². The van der Waals surface area contributed by atoms with Gasteiger partial charge in [0.05, 0.1) is 11.2 Å². The third-order valence-electron chi connectivity index (χ3n) is 5.85. The molecule has 5 rings (SSSR count). The Hall–Kier alpha value is -3.39. The third-order valence-corrected chi connectivity index (χ3v) is 5.85. The maximum Gasteiger partial charge on any atom is 0.433 e. The number of aromatic nitrogens is 3. The number of pyridine rings is 2. The molecule has 5 nitrogen and oxygen atoms in total. The molecule has 0 amide bonds. The summed E-state index contributed by atoms with van der Waals surface area (Å²) in [4.78, 5) is 16.3. The minimum Gasteiger partial charge on any atom is -0.347 e. The second-order valence-electron chi connectivity index (χ2n) is 7.67. The number of nitrogens with one attached hydrogen (secondary N) is 1. The molecule has 0 atom stereocenters. The van der Waals surface area contributed by atoms with Gasteiger partial charge in [0.1, 0.15) is 5.69 Å². The zero-order valence-corrected chi connectivity index (χ0v) is 16.7. The van der Waals surface area contributed by atoms with Gasteiger partial charge in [-0.3, -0.25) is 14.3 Å². The Labute approximate surface area is 175 Å². The number of benzene rings is 1. The maximum atomic E-state index is 12.8. The van der Waals surface area contributed by atoms with Gasteiger partial charge in [0.25, 0.3) is 5.56 Å². The fourth-order valence-corrected chi connectivity index (χ4v) is 4.25. The Morgan fingerprint density at radius 3 is 2.61 bits per heavy atom. The Kier molecular flexibility index (Phi) is 4.48. The van der Waals surface area contributed by atoms with Crippen molar-refractivity contribution in [2.45, 2.75) is 19.1 Å². The quantitative estimate of drug-likeness (QED) is 0.528. The van der Waals surface area contributed by atoms with Gasteiger partial charge in [-0.25, -0.2) is 0 Å². The molecule has 4 heterocycles. The lowest BCUT2D eigenvalue weighted by atomic mass is 10.1. The predicted octanol–water partition coefficient (Wildman–Crippen LogP) is 4.06. The largest absolute Gasteiger partial charge is 0.433 e. The lowest BCUT2D eigenvalue weighted by Crippen LogP contribution is -2.24. The molecule has 0 aliphatic carbocycles. The van der Waals surface area contributed by atoms with Crippen LogP contribution in [-0.4, -0.2) is 20.7 Å². The van der Waals surface area contributed by atoms with Crippen molar-refractivity contribution in [2.24, 2.45) is 7.05 Å². The molecule has 1 aliphatic rings. The lowest BCUT2D eigenvalue weighted by Gasteiger charge is -2.14. The highest BCUT2D eigenvalue weighted by molar-refractivity contribution is 5.87. The molecule has 1 N–H and O–H groups in total. The summed E-state index contributed by atoms with van der Waals surface area (Å²) in [5.74, 6) is 0. The summed E-state index contributed by atoms with van der Waals surface area (Å²) in [6, 6.07) is 11.3. The number of fused-ring (bicyclic) bond motifs is 3. The number of hydrogen-bond donors (Lipinski definition) is 1. The van der Waals surface area contributed by atoms with E-state index in [1.165, 1.54) is 33.3 Å². The smallest absolute Gasteiger partial charge is 0.347 e. The SMILES string of the molecule is Cn1c2c(c3ccc(-n4ccc(-c5ccc(C(F)(F)F)nc5)cc4=O)cc31)CNCC2. The number of aryl methyl sites for hydroxylation is 1. The van der Waals surface area contributed by atoms with Gasteiger partial charge in [0.15, 0.2) is 0 Å². The molecule has 1 aromatic carbocycles. The molecule has 0 bridgehead atoms. The van der Waals surface area contributed by atoms with Crippen LogP contribution in [0.5, 0.6) is 0 Å². The average Bonchev–Trinajstić information content (AvgIpc) is 3.05. The first-order chi connectivity index (χ1) is 14.8. The van der Waals surface area contributed by atoms with Crippen LogP contribution in [0.15, 0.2) is 59.7 Å². The second-order valence-corrected chi connectivity index (χ2v) is 7.67. The van der Waals surface area contributed by atoms with Gasteiger partial charge in [-0.15, -0.1) is 0 Å². The first kappa shape index (κ1) is 19.6. The van der Waals surface area contributed by atoms with Gasteiger partial charge >= 0.3 is 6.18 Å².